The zero-order valence-electron chi connectivity index (χ0n) is 11.2. The third-order valence-electron chi connectivity index (χ3n) is 2.54. The van der Waals surface area contributed by atoms with Crippen LogP contribution in [0.2, 0.25) is 0 Å². The number of nitrogens with one attached hydrogen (secondary N) is 1. The van der Waals surface area contributed by atoms with E-state index in [0.29, 0.717) is 6.08 Å². The molecule has 21 heavy (non-hydrogen) atoms. The molecule has 0 radical (unpaired) electrons. The number of hydrogen-bond donors (Lipinski definition) is 2. The van der Waals surface area contributed by atoms with Gasteiger partial charge in [0.2, 0.25) is 0 Å². The van der Waals surface area contributed by atoms with Crippen LogP contribution >= 0.6 is 0 Å². The molecule has 0 aliphatic carbocycles. The maximum Gasteiger partial charge on any atom is 0.422 e. The molecule has 1 atom stereocenters. The van der Waals surface area contributed by atoms with Crippen LogP contribution in [0.15, 0.2) is 36.9 Å². The summed E-state index contributed by atoms with van der Waals surface area (Å²) < 4.78 is 43.2. The summed E-state index contributed by atoms with van der Waals surface area (Å²) >= 11 is 0. The van der Waals surface area contributed by atoms with Crippen LogP contribution in [-0.4, -0.2) is 40.9 Å². The molecule has 2 N–H and O–H groups in total. The average molecular weight is 304 g/mol. The number of carbonyl (C=O) groups is 1. The maximum absolute atomic E-state index is 12.9. The summed E-state index contributed by atoms with van der Waals surface area (Å²) in [7, 11) is 0. The second kappa shape index (κ2) is 7.07. The predicted octanol–water partition coefficient (Wildman–Crippen LogP) is 1.66. The first-order valence-electron chi connectivity index (χ1n) is 6.07. The van der Waals surface area contributed by atoms with Crippen molar-refractivity contribution in [1.82, 2.24) is 10.3 Å². The fourth-order valence-electron chi connectivity index (χ4n) is 1.32. The van der Waals surface area contributed by atoms with Crippen LogP contribution in [0, 0.1) is 0 Å². The zero-order valence-corrected chi connectivity index (χ0v) is 11.2. The van der Waals surface area contributed by atoms with Crippen molar-refractivity contribution in [2.45, 2.75) is 18.7 Å². The molecule has 0 saturated carbocycles. The molecule has 0 aliphatic rings. The number of nitrogens with zero attached hydrogens (tertiary/aromatic N) is 1. The molecule has 0 aliphatic heterocycles. The van der Waals surface area contributed by atoms with Crippen LogP contribution in [0.1, 0.15) is 17.3 Å². The summed E-state index contributed by atoms with van der Waals surface area (Å²) in [6.07, 6.45) is -1.11. The average Bonchev–Trinajstić information content (AvgIpc) is 2.45. The quantitative estimate of drug-likeness (QED) is 0.784. The molecule has 0 aromatic carbocycles. The minimum Gasteiger partial charge on any atom is -0.502 e. The van der Waals surface area contributed by atoms with Crippen LogP contribution in [0.25, 0.3) is 0 Å². The second-order valence-electron chi connectivity index (χ2n) is 4.10. The van der Waals surface area contributed by atoms with E-state index >= 15 is 0 Å². The predicted molar refractivity (Wildman–Crippen MR) is 68.3 cm³/mol. The highest BCUT2D eigenvalue weighted by molar-refractivity contribution is 5.93. The molecule has 116 valence electrons. The smallest absolute Gasteiger partial charge is 0.422 e. The summed E-state index contributed by atoms with van der Waals surface area (Å²) in [5.74, 6) is -0.768. The van der Waals surface area contributed by atoms with Crippen molar-refractivity contribution < 1.29 is 27.8 Å². The molecule has 1 heterocycles. The van der Waals surface area contributed by atoms with E-state index in [2.05, 4.69) is 9.72 Å². The number of aliphatic hydroxyl groups is 1. The largest absolute Gasteiger partial charge is 0.502 e. The lowest BCUT2D eigenvalue weighted by atomic mass is 10.0. The first-order chi connectivity index (χ1) is 9.80. The molecule has 1 amide bonds. The maximum atomic E-state index is 12.9. The molecule has 0 bridgehead atoms. The number of amides is 1. The monoisotopic (exact) mass is 304 g/mol. The van der Waals surface area contributed by atoms with Gasteiger partial charge in [-0.25, -0.2) is 0 Å². The molecular formula is C13H15F3N2O3. The van der Waals surface area contributed by atoms with Crippen LogP contribution in [-0.2, 0) is 4.74 Å². The van der Waals surface area contributed by atoms with Crippen molar-refractivity contribution in [2.24, 2.45) is 0 Å². The SMILES string of the molecule is CCO/C=C/[C@@](O)(CNC(=O)c1cccnc1)C(F)(F)F. The molecule has 1 rings (SSSR count). The number of carbonyl (C=O) groups excluding carboxylic acids is 1. The van der Waals surface area contributed by atoms with Gasteiger partial charge >= 0.3 is 6.18 Å². The molecule has 1 aromatic rings. The summed E-state index contributed by atoms with van der Waals surface area (Å²) in [5, 5.41) is 11.7. The minimum atomic E-state index is -4.96. The number of alkyl halides is 3. The Balaban J connectivity index is 2.77. The molecule has 0 fully saturated rings. The lowest BCUT2D eigenvalue weighted by Gasteiger charge is -2.27. The number of halogens is 3. The lowest BCUT2D eigenvalue weighted by Crippen LogP contribution is -2.52. The van der Waals surface area contributed by atoms with E-state index in [1.807, 2.05) is 5.32 Å². The molecule has 0 unspecified atom stereocenters. The fourth-order valence-corrected chi connectivity index (χ4v) is 1.32. The normalized spacial score (nSPS) is 14.7. The van der Waals surface area contributed by atoms with E-state index in [1.54, 1.807) is 6.92 Å². The molecule has 1 aromatic heterocycles. The molecular weight excluding hydrogens is 289 g/mol. The van der Waals surface area contributed by atoms with Crippen molar-refractivity contribution in [1.29, 1.82) is 0 Å². The Bertz CT molecular complexity index is 491. The Morgan fingerprint density at radius 1 is 1.52 bits per heavy atom. The van der Waals surface area contributed by atoms with Crippen molar-refractivity contribution in [3.05, 3.63) is 42.4 Å². The third kappa shape index (κ3) is 4.75. The van der Waals surface area contributed by atoms with Crippen LogP contribution in [0.4, 0.5) is 13.2 Å². The highest BCUT2D eigenvalue weighted by Crippen LogP contribution is 2.31. The number of aromatic nitrogens is 1. The summed E-state index contributed by atoms with van der Waals surface area (Å²) in [6, 6.07) is 2.87. The van der Waals surface area contributed by atoms with Gasteiger partial charge in [-0.15, -0.1) is 0 Å². The molecule has 5 nitrogen and oxygen atoms in total. The number of ether oxygens (including phenoxy) is 1. The van der Waals surface area contributed by atoms with Gasteiger partial charge in [-0.05, 0) is 25.1 Å². The number of hydrogen-bond acceptors (Lipinski definition) is 4. The van der Waals surface area contributed by atoms with E-state index in [-0.39, 0.29) is 12.2 Å². The van der Waals surface area contributed by atoms with Gasteiger partial charge in [0.1, 0.15) is 0 Å². The van der Waals surface area contributed by atoms with Gasteiger partial charge in [-0.2, -0.15) is 13.2 Å². The summed E-state index contributed by atoms with van der Waals surface area (Å²) in [6.45, 7) is 0.710. The van der Waals surface area contributed by atoms with Crippen LogP contribution in [0.5, 0.6) is 0 Å². The number of pyridine rings is 1. The number of rotatable bonds is 6. The van der Waals surface area contributed by atoms with Gasteiger partial charge in [0.25, 0.3) is 5.91 Å². The van der Waals surface area contributed by atoms with Crippen molar-refractivity contribution >= 4 is 5.91 Å². The Morgan fingerprint density at radius 2 is 2.24 bits per heavy atom. The Morgan fingerprint density at radius 3 is 2.76 bits per heavy atom. The highest BCUT2D eigenvalue weighted by Gasteiger charge is 2.52. The van der Waals surface area contributed by atoms with E-state index in [1.165, 1.54) is 24.5 Å². The van der Waals surface area contributed by atoms with Crippen molar-refractivity contribution in [2.75, 3.05) is 13.2 Å². The van der Waals surface area contributed by atoms with Gasteiger partial charge in [0, 0.05) is 12.4 Å². The fraction of sp³-hybridized carbons (Fsp3) is 0.385. The van der Waals surface area contributed by atoms with Gasteiger partial charge in [0.05, 0.1) is 25.0 Å². The van der Waals surface area contributed by atoms with Crippen molar-refractivity contribution in [3.8, 4) is 0 Å². The van der Waals surface area contributed by atoms with Gasteiger partial charge in [0.15, 0.2) is 5.60 Å². The molecule has 8 heteroatoms. The van der Waals surface area contributed by atoms with Crippen LogP contribution < -0.4 is 5.32 Å². The first kappa shape index (κ1) is 17.0. The van der Waals surface area contributed by atoms with Gasteiger partial charge < -0.3 is 15.2 Å². The minimum absolute atomic E-state index is 0.0933. The Labute approximate surface area is 119 Å². The zero-order chi connectivity index (χ0) is 15.9. The van der Waals surface area contributed by atoms with E-state index in [0.717, 1.165) is 6.26 Å². The molecule has 0 saturated heterocycles. The van der Waals surface area contributed by atoms with Crippen LogP contribution in [0.3, 0.4) is 0 Å². The first-order valence-corrected chi connectivity index (χ1v) is 6.07. The van der Waals surface area contributed by atoms with E-state index in [4.69, 9.17) is 0 Å². The molecule has 0 spiro atoms. The Kier molecular flexibility index (Phi) is 5.71. The van der Waals surface area contributed by atoms with E-state index < -0.39 is 24.2 Å². The lowest BCUT2D eigenvalue weighted by molar-refractivity contribution is -0.237. The van der Waals surface area contributed by atoms with Gasteiger partial charge in [-0.1, -0.05) is 0 Å². The third-order valence-corrected chi connectivity index (χ3v) is 2.54. The van der Waals surface area contributed by atoms with Crippen molar-refractivity contribution in [3.63, 3.8) is 0 Å². The summed E-state index contributed by atoms with van der Waals surface area (Å²) in [4.78, 5) is 15.3. The van der Waals surface area contributed by atoms with E-state index in [9.17, 15) is 23.1 Å². The standard InChI is InChI=1S/C13H15F3N2O3/c1-2-21-7-5-12(20,13(14,15)16)9-18-11(19)10-4-3-6-17-8-10/h3-8,20H,2,9H2,1H3,(H,18,19)/b7-5+/t12-/m1/s1. The van der Waals surface area contributed by atoms with Gasteiger partial charge in [-0.3, -0.25) is 9.78 Å². The Hall–Kier alpha value is -2.09. The topological polar surface area (TPSA) is 71.5 Å². The highest BCUT2D eigenvalue weighted by atomic mass is 19.4. The second-order valence-corrected chi connectivity index (χ2v) is 4.10. The summed E-state index contributed by atoms with van der Waals surface area (Å²) in [5.41, 5.74) is -3.11.